The second-order valence-electron chi connectivity index (χ2n) is 4.48. The molecule has 1 aliphatic heterocycles. The summed E-state index contributed by atoms with van der Waals surface area (Å²) in [4.78, 5) is 0. The molecule has 2 nitrogen and oxygen atoms in total. The molecule has 3 heteroatoms. The van der Waals surface area contributed by atoms with Crippen molar-refractivity contribution >= 4 is 11.6 Å². The van der Waals surface area contributed by atoms with Gasteiger partial charge in [0.25, 0.3) is 0 Å². The summed E-state index contributed by atoms with van der Waals surface area (Å²) in [5.41, 5.74) is 2.16. The van der Waals surface area contributed by atoms with Crippen LogP contribution in [0.3, 0.4) is 0 Å². The van der Waals surface area contributed by atoms with Crippen molar-refractivity contribution in [1.29, 1.82) is 0 Å². The summed E-state index contributed by atoms with van der Waals surface area (Å²) in [7, 11) is 0. The predicted molar refractivity (Wildman–Crippen MR) is 67.4 cm³/mol. The van der Waals surface area contributed by atoms with E-state index in [9.17, 15) is 0 Å². The van der Waals surface area contributed by atoms with Gasteiger partial charge in [-0.05, 0) is 56.5 Å². The number of halogens is 1. The van der Waals surface area contributed by atoms with E-state index in [-0.39, 0.29) is 0 Å². The summed E-state index contributed by atoms with van der Waals surface area (Å²) >= 11 is 6.11. The minimum Gasteiger partial charge on any atom is -0.492 e. The van der Waals surface area contributed by atoms with Gasteiger partial charge < -0.3 is 10.1 Å². The van der Waals surface area contributed by atoms with Crippen LogP contribution in [0.2, 0.25) is 5.02 Å². The Labute approximate surface area is 102 Å². The van der Waals surface area contributed by atoms with Crippen molar-refractivity contribution < 1.29 is 4.74 Å². The zero-order chi connectivity index (χ0) is 11.5. The van der Waals surface area contributed by atoms with Crippen molar-refractivity contribution in [1.82, 2.24) is 5.32 Å². The summed E-state index contributed by atoms with van der Waals surface area (Å²) in [6, 6.07) is 4.52. The number of rotatable bonds is 3. The van der Waals surface area contributed by atoms with Crippen molar-refractivity contribution in [3.05, 3.63) is 28.3 Å². The van der Waals surface area contributed by atoms with Gasteiger partial charge in [-0.3, -0.25) is 0 Å². The van der Waals surface area contributed by atoms with Crippen LogP contribution in [0.5, 0.6) is 5.75 Å². The fourth-order valence-corrected chi connectivity index (χ4v) is 2.19. The second-order valence-corrected chi connectivity index (χ2v) is 4.85. The first-order valence-electron chi connectivity index (χ1n) is 5.80. The normalized spacial score (nSPS) is 20.1. The van der Waals surface area contributed by atoms with Crippen LogP contribution in [-0.2, 0) is 0 Å². The highest BCUT2D eigenvalue weighted by Crippen LogP contribution is 2.26. The third kappa shape index (κ3) is 2.69. The Morgan fingerprint density at radius 3 is 2.62 bits per heavy atom. The lowest BCUT2D eigenvalue weighted by Gasteiger charge is -2.13. The minimum absolute atomic E-state index is 0.510. The zero-order valence-corrected chi connectivity index (χ0v) is 10.6. The van der Waals surface area contributed by atoms with E-state index in [0.29, 0.717) is 6.04 Å². The summed E-state index contributed by atoms with van der Waals surface area (Å²) < 4.78 is 5.79. The smallest absolute Gasteiger partial charge is 0.120 e. The SMILES string of the molecule is Cc1cc(OC[C@H]2CCCN2)cc(C)c1Cl. The number of hydrogen-bond acceptors (Lipinski definition) is 2. The molecule has 1 N–H and O–H groups in total. The Morgan fingerprint density at radius 2 is 2.06 bits per heavy atom. The molecule has 0 aliphatic carbocycles. The molecule has 0 aromatic heterocycles. The molecule has 0 saturated carbocycles. The number of ether oxygens (including phenoxy) is 1. The number of aryl methyl sites for hydroxylation is 2. The van der Waals surface area contributed by atoms with Crippen molar-refractivity contribution in [2.45, 2.75) is 32.7 Å². The van der Waals surface area contributed by atoms with Gasteiger partial charge in [-0.15, -0.1) is 0 Å². The zero-order valence-electron chi connectivity index (χ0n) is 9.85. The predicted octanol–water partition coefficient (Wildman–Crippen LogP) is 3.09. The fraction of sp³-hybridized carbons (Fsp3) is 0.538. The molecule has 1 aromatic rings. The molecule has 1 fully saturated rings. The number of hydrogen-bond donors (Lipinski definition) is 1. The van der Waals surface area contributed by atoms with E-state index in [2.05, 4.69) is 5.32 Å². The van der Waals surface area contributed by atoms with Crippen molar-refractivity contribution in [3.63, 3.8) is 0 Å². The highest BCUT2D eigenvalue weighted by molar-refractivity contribution is 6.32. The molecule has 0 amide bonds. The quantitative estimate of drug-likeness (QED) is 0.875. The standard InChI is InChI=1S/C13H18ClNO/c1-9-6-12(7-10(2)13(9)14)16-8-11-4-3-5-15-11/h6-7,11,15H,3-5,8H2,1-2H3/t11-/m1/s1. The Morgan fingerprint density at radius 1 is 1.38 bits per heavy atom. The molecule has 1 aliphatic rings. The van der Waals surface area contributed by atoms with Gasteiger partial charge in [0.15, 0.2) is 0 Å². The highest BCUT2D eigenvalue weighted by atomic mass is 35.5. The van der Waals surface area contributed by atoms with Crippen LogP contribution in [0, 0.1) is 13.8 Å². The maximum absolute atomic E-state index is 6.11. The molecule has 1 saturated heterocycles. The van der Waals surface area contributed by atoms with Gasteiger partial charge in [0.2, 0.25) is 0 Å². The molecule has 1 aromatic carbocycles. The van der Waals surface area contributed by atoms with Crippen molar-refractivity contribution in [2.75, 3.05) is 13.2 Å². The average Bonchev–Trinajstić information content (AvgIpc) is 2.75. The fourth-order valence-electron chi connectivity index (χ4n) is 2.09. The van der Waals surface area contributed by atoms with Crippen LogP contribution in [0.4, 0.5) is 0 Å². The first-order chi connectivity index (χ1) is 7.66. The maximum Gasteiger partial charge on any atom is 0.120 e. The summed E-state index contributed by atoms with van der Waals surface area (Å²) in [5, 5.41) is 4.26. The van der Waals surface area contributed by atoms with E-state index < -0.39 is 0 Å². The Kier molecular flexibility index (Phi) is 3.72. The van der Waals surface area contributed by atoms with Crippen LogP contribution >= 0.6 is 11.6 Å². The topological polar surface area (TPSA) is 21.3 Å². The largest absolute Gasteiger partial charge is 0.492 e. The minimum atomic E-state index is 0.510. The lowest BCUT2D eigenvalue weighted by molar-refractivity contribution is 0.277. The van der Waals surface area contributed by atoms with Gasteiger partial charge in [0.05, 0.1) is 0 Å². The van der Waals surface area contributed by atoms with Crippen LogP contribution in [0.1, 0.15) is 24.0 Å². The van der Waals surface area contributed by atoms with Crippen LogP contribution in [-0.4, -0.2) is 19.2 Å². The van der Waals surface area contributed by atoms with Gasteiger partial charge >= 0.3 is 0 Å². The van der Waals surface area contributed by atoms with Crippen molar-refractivity contribution in [2.24, 2.45) is 0 Å². The molecule has 1 atom stereocenters. The van der Waals surface area contributed by atoms with E-state index >= 15 is 0 Å². The molecule has 16 heavy (non-hydrogen) atoms. The molecule has 0 unspecified atom stereocenters. The van der Waals surface area contributed by atoms with Gasteiger partial charge in [-0.25, -0.2) is 0 Å². The van der Waals surface area contributed by atoms with Crippen molar-refractivity contribution in [3.8, 4) is 5.75 Å². The first kappa shape index (κ1) is 11.7. The molecule has 2 rings (SSSR count). The molecular formula is C13H18ClNO. The summed E-state index contributed by atoms with van der Waals surface area (Å²) in [5.74, 6) is 0.924. The molecule has 0 spiro atoms. The van der Waals surface area contributed by atoms with Gasteiger partial charge in [0, 0.05) is 11.1 Å². The lowest BCUT2D eigenvalue weighted by atomic mass is 10.1. The molecule has 0 radical (unpaired) electrons. The third-order valence-electron chi connectivity index (χ3n) is 3.02. The lowest BCUT2D eigenvalue weighted by Crippen LogP contribution is -2.28. The van der Waals surface area contributed by atoms with Crippen LogP contribution in [0.25, 0.3) is 0 Å². The molecule has 1 heterocycles. The number of benzene rings is 1. The molecule has 0 bridgehead atoms. The molecular weight excluding hydrogens is 222 g/mol. The van der Waals surface area contributed by atoms with E-state index in [1.165, 1.54) is 12.8 Å². The molecule has 88 valence electrons. The van der Waals surface area contributed by atoms with Gasteiger partial charge in [-0.2, -0.15) is 0 Å². The van der Waals surface area contributed by atoms with Gasteiger partial charge in [-0.1, -0.05) is 11.6 Å². The monoisotopic (exact) mass is 239 g/mol. The van der Waals surface area contributed by atoms with Gasteiger partial charge in [0.1, 0.15) is 12.4 Å². The summed E-state index contributed by atoms with van der Waals surface area (Å²) in [6.45, 7) is 5.89. The van der Waals surface area contributed by atoms with E-state index in [0.717, 1.165) is 35.1 Å². The highest BCUT2D eigenvalue weighted by Gasteiger charge is 2.14. The Balaban J connectivity index is 1.98. The van der Waals surface area contributed by atoms with E-state index in [1.54, 1.807) is 0 Å². The summed E-state index contributed by atoms with van der Waals surface area (Å²) in [6.07, 6.45) is 2.47. The number of nitrogens with one attached hydrogen (secondary N) is 1. The van der Waals surface area contributed by atoms with E-state index in [1.807, 2.05) is 26.0 Å². The average molecular weight is 240 g/mol. The third-order valence-corrected chi connectivity index (χ3v) is 3.62. The maximum atomic E-state index is 6.11. The van der Waals surface area contributed by atoms with E-state index in [4.69, 9.17) is 16.3 Å². The first-order valence-corrected chi connectivity index (χ1v) is 6.17. The second kappa shape index (κ2) is 5.07. The van der Waals surface area contributed by atoms with Crippen LogP contribution in [0.15, 0.2) is 12.1 Å². The van der Waals surface area contributed by atoms with Crippen LogP contribution < -0.4 is 10.1 Å². The Hall–Kier alpha value is -0.730. The Bertz CT molecular complexity index is 349.